The van der Waals surface area contributed by atoms with Crippen LogP contribution in [0, 0.1) is 0 Å². The van der Waals surface area contributed by atoms with Gasteiger partial charge in [-0.25, -0.2) is 0 Å². The van der Waals surface area contributed by atoms with Crippen molar-refractivity contribution < 1.29 is 23.0 Å². The zero-order chi connectivity index (χ0) is 21.6. The number of hydrogen-bond donors (Lipinski definition) is 2. The maximum absolute atomic E-state index is 13.3. The lowest BCUT2D eigenvalue weighted by Gasteiger charge is -2.17. The first-order valence-corrected chi connectivity index (χ1v) is 10.00. The average molecular weight is 422 g/mol. The quantitative estimate of drug-likeness (QED) is 0.619. The number of nitrogens with one attached hydrogen (secondary N) is 1. The molecule has 1 fully saturated rings. The van der Waals surface area contributed by atoms with Crippen LogP contribution >= 0.6 is 0 Å². The highest BCUT2D eigenvalue weighted by atomic mass is 19.3. The number of hydrogen-bond acceptors (Lipinski definition) is 4. The highest BCUT2D eigenvalue weighted by molar-refractivity contribution is 6.01. The van der Waals surface area contributed by atoms with E-state index in [9.17, 15) is 13.6 Å². The zero-order valence-electron chi connectivity index (χ0n) is 16.5. The first-order valence-electron chi connectivity index (χ1n) is 10.00. The Hall–Kier alpha value is -3.45. The summed E-state index contributed by atoms with van der Waals surface area (Å²) >= 11 is 0. The van der Waals surface area contributed by atoms with Crippen molar-refractivity contribution in [3.05, 3.63) is 77.9 Å². The summed E-state index contributed by atoms with van der Waals surface area (Å²) in [6.07, 6.45) is -2.41. The van der Waals surface area contributed by atoms with Gasteiger partial charge in [-0.1, -0.05) is 42.5 Å². The maximum atomic E-state index is 13.3. The van der Waals surface area contributed by atoms with E-state index >= 15 is 0 Å². The van der Waals surface area contributed by atoms with Crippen molar-refractivity contribution in [1.82, 2.24) is 0 Å². The SMILES string of the molecule is NCc1ccc(-c2cccc(NC(=O)C3(c4ccc5c(c4)OC(F)(F)O5)CC3)c2)cc1. The molecule has 3 aromatic carbocycles. The molecule has 5 rings (SSSR count). The molecule has 5 nitrogen and oxygen atoms in total. The second-order valence-electron chi connectivity index (χ2n) is 7.85. The molecule has 0 spiro atoms. The van der Waals surface area contributed by atoms with Gasteiger partial charge in [-0.2, -0.15) is 0 Å². The van der Waals surface area contributed by atoms with Gasteiger partial charge in [-0.3, -0.25) is 4.79 Å². The van der Waals surface area contributed by atoms with Gasteiger partial charge in [0.15, 0.2) is 11.5 Å². The number of ether oxygens (including phenoxy) is 2. The van der Waals surface area contributed by atoms with Crippen molar-refractivity contribution in [3.8, 4) is 22.6 Å². The van der Waals surface area contributed by atoms with Gasteiger partial charge in [0.2, 0.25) is 5.91 Å². The molecule has 3 N–H and O–H groups in total. The largest absolute Gasteiger partial charge is 0.586 e. The highest BCUT2D eigenvalue weighted by Gasteiger charge is 2.52. The monoisotopic (exact) mass is 422 g/mol. The molecule has 1 saturated carbocycles. The average Bonchev–Trinajstić information content (AvgIpc) is 3.51. The minimum Gasteiger partial charge on any atom is -0.395 e. The van der Waals surface area contributed by atoms with Crippen LogP contribution < -0.4 is 20.5 Å². The number of fused-ring (bicyclic) bond motifs is 1. The first-order chi connectivity index (χ1) is 14.9. The van der Waals surface area contributed by atoms with Crippen LogP contribution in [0.2, 0.25) is 0 Å². The number of alkyl halides is 2. The summed E-state index contributed by atoms with van der Waals surface area (Å²) < 4.78 is 35.6. The Kier molecular flexibility index (Phi) is 4.44. The number of halogens is 2. The molecule has 1 heterocycles. The van der Waals surface area contributed by atoms with Gasteiger partial charge < -0.3 is 20.5 Å². The molecule has 0 unspecified atom stereocenters. The summed E-state index contributed by atoms with van der Waals surface area (Å²) in [7, 11) is 0. The van der Waals surface area contributed by atoms with Crippen LogP contribution in [0.5, 0.6) is 11.5 Å². The third kappa shape index (κ3) is 3.61. The Morgan fingerprint density at radius 2 is 1.68 bits per heavy atom. The minimum absolute atomic E-state index is 0.0293. The van der Waals surface area contributed by atoms with E-state index in [2.05, 4.69) is 14.8 Å². The number of amides is 1. The van der Waals surface area contributed by atoms with Gasteiger partial charge in [-0.05, 0) is 59.4 Å². The van der Waals surface area contributed by atoms with Crippen LogP contribution in [-0.2, 0) is 16.8 Å². The fourth-order valence-corrected chi connectivity index (χ4v) is 3.88. The molecule has 31 heavy (non-hydrogen) atoms. The Morgan fingerprint density at radius 1 is 0.935 bits per heavy atom. The lowest BCUT2D eigenvalue weighted by molar-refractivity contribution is -0.286. The van der Waals surface area contributed by atoms with Gasteiger partial charge in [0.1, 0.15) is 0 Å². The molecule has 0 radical (unpaired) electrons. The van der Waals surface area contributed by atoms with Gasteiger partial charge in [0.05, 0.1) is 5.41 Å². The lowest BCUT2D eigenvalue weighted by Crippen LogP contribution is -2.27. The van der Waals surface area contributed by atoms with Crippen LogP contribution in [0.15, 0.2) is 66.7 Å². The molecule has 1 aliphatic carbocycles. The summed E-state index contributed by atoms with van der Waals surface area (Å²) in [6, 6.07) is 20.1. The molecule has 0 bridgehead atoms. The van der Waals surface area contributed by atoms with Gasteiger partial charge >= 0.3 is 6.29 Å². The molecule has 158 valence electrons. The smallest absolute Gasteiger partial charge is 0.395 e. The Labute approximate surface area is 177 Å². The van der Waals surface area contributed by atoms with Crippen LogP contribution in [-0.4, -0.2) is 12.2 Å². The van der Waals surface area contributed by atoms with E-state index in [4.69, 9.17) is 5.73 Å². The van der Waals surface area contributed by atoms with E-state index in [0.717, 1.165) is 16.7 Å². The summed E-state index contributed by atoms with van der Waals surface area (Å²) in [4.78, 5) is 13.1. The van der Waals surface area contributed by atoms with Crippen LogP contribution in [0.3, 0.4) is 0 Å². The first kappa shape index (κ1) is 19.5. The standard InChI is InChI=1S/C24H20F2N2O3/c25-24(26)30-20-9-8-18(13-21(20)31-24)23(10-11-23)22(29)28-19-3-1-2-17(12-19)16-6-4-15(14-27)5-7-16/h1-9,12-13H,10-11,14,27H2,(H,28,29). The van der Waals surface area contributed by atoms with Crippen LogP contribution in [0.1, 0.15) is 24.0 Å². The molecule has 0 saturated heterocycles. The second kappa shape index (κ2) is 7.06. The molecule has 0 atom stereocenters. The summed E-state index contributed by atoms with van der Waals surface area (Å²) in [6.45, 7) is 0.482. The van der Waals surface area contributed by atoms with Crippen molar-refractivity contribution in [1.29, 1.82) is 0 Å². The number of rotatable bonds is 5. The van der Waals surface area contributed by atoms with Crippen molar-refractivity contribution in [3.63, 3.8) is 0 Å². The van der Waals surface area contributed by atoms with E-state index in [0.29, 0.717) is 30.6 Å². The number of anilines is 1. The predicted molar refractivity (Wildman–Crippen MR) is 112 cm³/mol. The van der Waals surface area contributed by atoms with E-state index in [1.54, 1.807) is 6.07 Å². The molecular formula is C24H20F2N2O3. The van der Waals surface area contributed by atoms with Crippen molar-refractivity contribution in [2.45, 2.75) is 31.1 Å². The fourth-order valence-electron chi connectivity index (χ4n) is 3.88. The third-order valence-electron chi connectivity index (χ3n) is 5.78. The molecule has 7 heteroatoms. The molecule has 1 amide bonds. The van der Waals surface area contributed by atoms with Crippen LogP contribution in [0.25, 0.3) is 11.1 Å². The fraction of sp³-hybridized carbons (Fsp3) is 0.208. The molecule has 3 aromatic rings. The topological polar surface area (TPSA) is 73.6 Å². The van der Waals surface area contributed by atoms with E-state index < -0.39 is 11.7 Å². The number of carbonyl (C=O) groups is 1. The van der Waals surface area contributed by atoms with Gasteiger partial charge in [0.25, 0.3) is 0 Å². The summed E-state index contributed by atoms with van der Waals surface area (Å²) in [5.41, 5.74) is 9.24. The highest BCUT2D eigenvalue weighted by Crippen LogP contribution is 2.52. The second-order valence-corrected chi connectivity index (χ2v) is 7.85. The predicted octanol–water partition coefficient (Wildman–Crippen LogP) is 4.80. The third-order valence-corrected chi connectivity index (χ3v) is 5.78. The Morgan fingerprint density at radius 3 is 2.39 bits per heavy atom. The number of carbonyl (C=O) groups excluding carboxylic acids is 1. The van der Waals surface area contributed by atoms with Crippen molar-refractivity contribution >= 4 is 11.6 Å². The van der Waals surface area contributed by atoms with Crippen molar-refractivity contribution in [2.75, 3.05) is 5.32 Å². The zero-order valence-corrected chi connectivity index (χ0v) is 16.5. The molecule has 0 aromatic heterocycles. The number of nitrogens with two attached hydrogens (primary N) is 1. The number of benzene rings is 3. The molecule has 1 aliphatic heterocycles. The lowest BCUT2D eigenvalue weighted by atomic mass is 9.94. The van der Waals surface area contributed by atoms with Gasteiger partial charge in [-0.15, -0.1) is 8.78 Å². The van der Waals surface area contributed by atoms with E-state index in [-0.39, 0.29) is 17.4 Å². The Balaban J connectivity index is 1.36. The van der Waals surface area contributed by atoms with E-state index in [1.165, 1.54) is 12.1 Å². The minimum atomic E-state index is -3.68. The van der Waals surface area contributed by atoms with Crippen LogP contribution in [0.4, 0.5) is 14.5 Å². The van der Waals surface area contributed by atoms with E-state index in [1.807, 2.05) is 48.5 Å². The molecule has 2 aliphatic rings. The Bertz CT molecular complexity index is 1160. The van der Waals surface area contributed by atoms with Gasteiger partial charge in [0, 0.05) is 12.2 Å². The summed E-state index contributed by atoms with van der Waals surface area (Å²) in [5.74, 6) is -0.253. The van der Waals surface area contributed by atoms with Crippen molar-refractivity contribution in [2.24, 2.45) is 5.73 Å². The summed E-state index contributed by atoms with van der Waals surface area (Å²) in [5, 5.41) is 2.98. The maximum Gasteiger partial charge on any atom is 0.586 e. The molecular weight excluding hydrogens is 402 g/mol. The normalized spacial score (nSPS) is 17.3.